The highest BCUT2D eigenvalue weighted by Crippen LogP contribution is 2.37. The molecule has 156 valence electrons. The molecule has 2 fully saturated rings. The third kappa shape index (κ3) is 3.71. The van der Waals surface area contributed by atoms with E-state index in [4.69, 9.17) is 15.2 Å². The molecule has 9 nitrogen and oxygen atoms in total. The van der Waals surface area contributed by atoms with Gasteiger partial charge in [0.05, 0.1) is 23.8 Å². The molecule has 0 radical (unpaired) electrons. The fourth-order valence-corrected chi connectivity index (χ4v) is 5.53. The second-order valence-corrected chi connectivity index (χ2v) is 8.83. The van der Waals surface area contributed by atoms with Crippen molar-refractivity contribution in [3.8, 4) is 6.07 Å². The third-order valence-electron chi connectivity index (χ3n) is 6.07. The molecule has 0 unspecified atom stereocenters. The molecule has 2 aliphatic heterocycles. The van der Waals surface area contributed by atoms with Gasteiger partial charge in [0, 0.05) is 37.2 Å². The van der Waals surface area contributed by atoms with E-state index in [1.54, 1.807) is 17.4 Å². The molecular formula is C20H24N8OS. The van der Waals surface area contributed by atoms with E-state index in [0.717, 1.165) is 29.6 Å². The summed E-state index contributed by atoms with van der Waals surface area (Å²) in [6.07, 6.45) is 5.12. The van der Waals surface area contributed by atoms with Crippen molar-refractivity contribution in [3.63, 3.8) is 0 Å². The molecule has 2 saturated heterocycles. The molecule has 2 aliphatic rings. The minimum absolute atomic E-state index is 0.0888. The van der Waals surface area contributed by atoms with E-state index in [0.29, 0.717) is 47.8 Å². The first-order valence-electron chi connectivity index (χ1n) is 10.3. The average molecular weight is 425 g/mol. The van der Waals surface area contributed by atoms with Crippen molar-refractivity contribution < 1.29 is 5.11 Å². The first-order valence-corrected chi connectivity index (χ1v) is 11.2. The molecule has 3 aromatic rings. The lowest BCUT2D eigenvalue weighted by Gasteiger charge is -2.38. The summed E-state index contributed by atoms with van der Waals surface area (Å²) in [5.41, 5.74) is 0.644. The van der Waals surface area contributed by atoms with Crippen LogP contribution in [-0.4, -0.2) is 54.8 Å². The van der Waals surface area contributed by atoms with Crippen molar-refractivity contribution in [3.05, 3.63) is 23.2 Å². The van der Waals surface area contributed by atoms with Gasteiger partial charge in [0.15, 0.2) is 5.82 Å². The van der Waals surface area contributed by atoms with E-state index in [1.165, 1.54) is 12.8 Å². The van der Waals surface area contributed by atoms with Gasteiger partial charge < -0.3 is 15.7 Å². The number of aliphatic hydroxyl groups is 1. The smallest absolute Gasteiger partial charge is 0.226 e. The molecule has 3 atom stereocenters. The maximum atomic E-state index is 9.24. The van der Waals surface area contributed by atoms with E-state index in [1.807, 2.05) is 11.4 Å². The molecule has 4 N–H and O–H groups in total. The number of nitriles is 1. The molecule has 0 saturated carbocycles. The standard InChI is InChI=1S/C20H24N8OS/c21-5-1-6-28-14-2-3-15(28)9-12(8-14)22-20-24-18(16-4-7-30-19(16)25-20)23-17-10-13(11-29)26-27-17/h4,7,10,12,14-15,29H,1-3,6,8-9,11H2,(H3,22,23,24,25,26,27)/t12-,14-,15+. The van der Waals surface area contributed by atoms with Gasteiger partial charge in [0.2, 0.25) is 5.95 Å². The second kappa shape index (κ2) is 8.18. The molecule has 5 heterocycles. The van der Waals surface area contributed by atoms with E-state index >= 15 is 0 Å². The maximum Gasteiger partial charge on any atom is 0.226 e. The number of hydrogen-bond donors (Lipinski definition) is 4. The second-order valence-electron chi connectivity index (χ2n) is 7.94. The van der Waals surface area contributed by atoms with Crippen LogP contribution in [-0.2, 0) is 6.61 Å². The van der Waals surface area contributed by atoms with Crippen molar-refractivity contribution >= 4 is 39.1 Å². The van der Waals surface area contributed by atoms with Gasteiger partial charge >= 0.3 is 0 Å². The summed E-state index contributed by atoms with van der Waals surface area (Å²) in [6.45, 7) is 0.790. The zero-order valence-electron chi connectivity index (χ0n) is 16.5. The number of thiophene rings is 1. The molecule has 0 amide bonds. The molecule has 0 aromatic carbocycles. The maximum absolute atomic E-state index is 9.24. The number of nitrogens with zero attached hydrogens (tertiary/aromatic N) is 5. The number of aromatic amines is 1. The van der Waals surface area contributed by atoms with Crippen molar-refractivity contribution in [1.82, 2.24) is 25.1 Å². The predicted molar refractivity (Wildman–Crippen MR) is 116 cm³/mol. The minimum Gasteiger partial charge on any atom is -0.390 e. The monoisotopic (exact) mass is 424 g/mol. The quantitative estimate of drug-likeness (QED) is 0.456. The number of aromatic nitrogens is 4. The van der Waals surface area contributed by atoms with Gasteiger partial charge in [-0.15, -0.1) is 11.3 Å². The highest BCUT2D eigenvalue weighted by atomic mass is 32.1. The van der Waals surface area contributed by atoms with Crippen LogP contribution in [0.1, 0.15) is 37.8 Å². The number of H-pyrrole nitrogens is 1. The van der Waals surface area contributed by atoms with Crippen LogP contribution >= 0.6 is 11.3 Å². The Morgan fingerprint density at radius 3 is 2.87 bits per heavy atom. The summed E-state index contributed by atoms with van der Waals surface area (Å²) in [5.74, 6) is 1.94. The van der Waals surface area contributed by atoms with Crippen LogP contribution in [0.15, 0.2) is 17.5 Å². The van der Waals surface area contributed by atoms with Crippen molar-refractivity contribution in [1.29, 1.82) is 5.26 Å². The van der Waals surface area contributed by atoms with Crippen LogP contribution in [0.2, 0.25) is 0 Å². The molecule has 0 spiro atoms. The lowest BCUT2D eigenvalue weighted by atomic mass is 9.97. The Labute approximate surface area is 178 Å². The Hall–Kier alpha value is -2.74. The van der Waals surface area contributed by atoms with Crippen LogP contribution in [0.4, 0.5) is 17.6 Å². The number of rotatable bonds is 7. The largest absolute Gasteiger partial charge is 0.390 e. The summed E-state index contributed by atoms with van der Waals surface area (Å²) in [4.78, 5) is 12.9. The van der Waals surface area contributed by atoms with Crippen LogP contribution in [0.3, 0.4) is 0 Å². The van der Waals surface area contributed by atoms with Gasteiger partial charge in [-0.2, -0.15) is 15.3 Å². The number of hydrogen-bond acceptors (Lipinski definition) is 9. The van der Waals surface area contributed by atoms with E-state index in [2.05, 4.69) is 31.8 Å². The Bertz CT molecular complexity index is 1060. The lowest BCUT2D eigenvalue weighted by Crippen LogP contribution is -2.47. The first-order chi connectivity index (χ1) is 14.7. The molecule has 2 bridgehead atoms. The molecule has 5 rings (SSSR count). The van der Waals surface area contributed by atoms with Gasteiger partial charge in [0.1, 0.15) is 10.6 Å². The topological polar surface area (TPSA) is 126 Å². The van der Waals surface area contributed by atoms with E-state index in [9.17, 15) is 5.11 Å². The summed E-state index contributed by atoms with van der Waals surface area (Å²) >= 11 is 1.58. The number of piperidine rings is 1. The summed E-state index contributed by atoms with van der Waals surface area (Å²) in [5, 5.41) is 34.9. The number of anilines is 3. The summed E-state index contributed by atoms with van der Waals surface area (Å²) in [7, 11) is 0. The zero-order valence-corrected chi connectivity index (χ0v) is 17.3. The molecular weight excluding hydrogens is 400 g/mol. The average Bonchev–Trinajstić information content (AvgIpc) is 3.45. The van der Waals surface area contributed by atoms with Crippen LogP contribution in [0.25, 0.3) is 10.2 Å². The Balaban J connectivity index is 1.33. The van der Waals surface area contributed by atoms with Crippen LogP contribution < -0.4 is 10.6 Å². The highest BCUT2D eigenvalue weighted by molar-refractivity contribution is 7.16. The van der Waals surface area contributed by atoms with Gasteiger partial charge in [-0.3, -0.25) is 10.00 Å². The number of fused-ring (bicyclic) bond motifs is 3. The number of nitrogens with one attached hydrogen (secondary N) is 3. The van der Waals surface area contributed by atoms with Gasteiger partial charge in [-0.25, -0.2) is 4.98 Å². The normalized spacial score (nSPS) is 23.5. The van der Waals surface area contributed by atoms with Crippen molar-refractivity contribution in [2.45, 2.75) is 56.8 Å². The molecule has 10 heteroatoms. The predicted octanol–water partition coefficient (Wildman–Crippen LogP) is 2.97. The van der Waals surface area contributed by atoms with Crippen molar-refractivity contribution in [2.75, 3.05) is 17.2 Å². The number of aliphatic hydroxyl groups excluding tert-OH is 1. The molecule has 30 heavy (non-hydrogen) atoms. The fourth-order valence-electron chi connectivity index (χ4n) is 4.76. The first kappa shape index (κ1) is 19.2. The lowest BCUT2D eigenvalue weighted by molar-refractivity contribution is 0.135. The van der Waals surface area contributed by atoms with E-state index in [-0.39, 0.29) is 6.61 Å². The molecule has 0 aliphatic carbocycles. The van der Waals surface area contributed by atoms with Crippen LogP contribution in [0.5, 0.6) is 0 Å². The fraction of sp³-hybridized carbons (Fsp3) is 0.500. The Morgan fingerprint density at radius 1 is 1.30 bits per heavy atom. The highest BCUT2D eigenvalue weighted by Gasteiger charge is 2.40. The molecule has 3 aromatic heterocycles. The van der Waals surface area contributed by atoms with Gasteiger partial charge in [-0.05, 0) is 37.1 Å². The Morgan fingerprint density at radius 2 is 2.13 bits per heavy atom. The third-order valence-corrected chi connectivity index (χ3v) is 6.88. The van der Waals surface area contributed by atoms with E-state index < -0.39 is 0 Å². The van der Waals surface area contributed by atoms with Crippen LogP contribution in [0, 0.1) is 11.3 Å². The zero-order chi connectivity index (χ0) is 20.5. The minimum atomic E-state index is -0.0888. The Kier molecular flexibility index (Phi) is 5.25. The van der Waals surface area contributed by atoms with Gasteiger partial charge in [-0.1, -0.05) is 0 Å². The summed E-state index contributed by atoms with van der Waals surface area (Å²) in [6, 6.07) is 7.45. The van der Waals surface area contributed by atoms with Gasteiger partial charge in [0.25, 0.3) is 0 Å². The van der Waals surface area contributed by atoms with Crippen molar-refractivity contribution in [2.24, 2.45) is 0 Å². The summed E-state index contributed by atoms with van der Waals surface area (Å²) < 4.78 is 0. The SMILES string of the molecule is N#CCCN1[C@@H]2CC[C@H]1C[C@H](Nc1nc(Nc3cc(CO)[nH]n3)c3ccsc3n1)C2.